The zero-order valence-corrected chi connectivity index (χ0v) is 14.0. The normalized spacial score (nSPS) is 21.8. The number of fused-ring (bicyclic) bond motifs is 1. The summed E-state index contributed by atoms with van der Waals surface area (Å²) in [5.74, 6) is 0.913. The molecular formula is C20H17N5O. The molecule has 2 aromatic carbocycles. The Hall–Kier alpha value is -3.28. The maximum Gasteiger partial charge on any atom is 0.248 e. The van der Waals surface area contributed by atoms with Crippen molar-refractivity contribution in [3.63, 3.8) is 0 Å². The Morgan fingerprint density at radius 1 is 0.923 bits per heavy atom. The lowest BCUT2D eigenvalue weighted by Gasteiger charge is -2.34. The fourth-order valence-corrected chi connectivity index (χ4v) is 3.98. The molecule has 6 nitrogen and oxygen atoms in total. The van der Waals surface area contributed by atoms with Crippen LogP contribution in [-0.4, -0.2) is 26.0 Å². The van der Waals surface area contributed by atoms with Gasteiger partial charge in [-0.3, -0.25) is 4.79 Å². The van der Waals surface area contributed by atoms with Crippen LogP contribution >= 0.6 is 0 Å². The number of ketones is 1. The van der Waals surface area contributed by atoms with Gasteiger partial charge in [0.1, 0.15) is 6.04 Å². The lowest BCUT2D eigenvalue weighted by Crippen LogP contribution is -2.33. The molecule has 0 saturated carbocycles. The highest BCUT2D eigenvalue weighted by Gasteiger charge is 2.39. The molecule has 0 fully saturated rings. The number of benzene rings is 2. The summed E-state index contributed by atoms with van der Waals surface area (Å²) < 4.78 is 1.70. The molecule has 1 aromatic heterocycles. The van der Waals surface area contributed by atoms with Crippen molar-refractivity contribution in [1.82, 2.24) is 20.2 Å². The molecule has 3 aromatic rings. The summed E-state index contributed by atoms with van der Waals surface area (Å²) in [5, 5.41) is 15.3. The molecule has 5 rings (SSSR count). The van der Waals surface area contributed by atoms with E-state index in [0.717, 1.165) is 23.3 Å². The Morgan fingerprint density at radius 2 is 1.62 bits per heavy atom. The fraction of sp³-hybridized carbons (Fsp3) is 0.200. The Bertz CT molecular complexity index is 993. The van der Waals surface area contributed by atoms with Gasteiger partial charge in [0.15, 0.2) is 5.78 Å². The summed E-state index contributed by atoms with van der Waals surface area (Å²) in [6.45, 7) is 0. The third-order valence-corrected chi connectivity index (χ3v) is 5.17. The summed E-state index contributed by atoms with van der Waals surface area (Å²) in [5.41, 5.74) is 3.92. The predicted molar refractivity (Wildman–Crippen MR) is 96.5 cm³/mol. The third-order valence-electron chi connectivity index (χ3n) is 5.17. The van der Waals surface area contributed by atoms with E-state index in [-0.39, 0.29) is 17.7 Å². The number of hydrogen-bond acceptors (Lipinski definition) is 5. The number of allylic oxidation sites excluding steroid dienone is 2. The van der Waals surface area contributed by atoms with E-state index in [1.807, 2.05) is 48.5 Å². The molecule has 2 aliphatic rings. The van der Waals surface area contributed by atoms with Gasteiger partial charge in [-0.15, -0.1) is 0 Å². The maximum absolute atomic E-state index is 13.1. The van der Waals surface area contributed by atoms with E-state index in [2.05, 4.69) is 33.0 Å². The van der Waals surface area contributed by atoms with Crippen molar-refractivity contribution in [1.29, 1.82) is 0 Å². The number of carbonyl (C=O) groups excluding carboxylic acids is 1. The number of aromatic nitrogens is 4. The molecule has 0 unspecified atom stereocenters. The average Bonchev–Trinajstić information content (AvgIpc) is 3.15. The van der Waals surface area contributed by atoms with Crippen molar-refractivity contribution >= 4 is 11.7 Å². The molecule has 1 N–H and O–H groups in total. The SMILES string of the molecule is O=C1C[C@H](c2ccccc2)CC2=C1[C@H](c1ccccc1)n1nnnc1N2. The van der Waals surface area contributed by atoms with Crippen molar-refractivity contribution < 1.29 is 4.79 Å². The van der Waals surface area contributed by atoms with Crippen LogP contribution in [0.25, 0.3) is 0 Å². The molecule has 0 spiro atoms. The number of nitrogens with one attached hydrogen (secondary N) is 1. The molecular weight excluding hydrogens is 326 g/mol. The predicted octanol–water partition coefficient (Wildman–Crippen LogP) is 3.09. The van der Waals surface area contributed by atoms with E-state index in [9.17, 15) is 4.79 Å². The number of tetrazole rings is 1. The van der Waals surface area contributed by atoms with Gasteiger partial charge in [0, 0.05) is 17.7 Å². The molecule has 0 saturated heterocycles. The van der Waals surface area contributed by atoms with Crippen LogP contribution in [0.4, 0.5) is 5.95 Å². The number of hydrogen-bond donors (Lipinski definition) is 1. The largest absolute Gasteiger partial charge is 0.326 e. The summed E-state index contributed by atoms with van der Waals surface area (Å²) >= 11 is 0. The van der Waals surface area contributed by atoms with Crippen LogP contribution in [0.1, 0.15) is 35.9 Å². The first kappa shape index (κ1) is 15.0. The third kappa shape index (κ3) is 2.34. The molecule has 1 aliphatic heterocycles. The molecule has 2 atom stereocenters. The van der Waals surface area contributed by atoms with E-state index in [0.29, 0.717) is 12.4 Å². The molecule has 6 heteroatoms. The molecule has 0 amide bonds. The second-order valence-corrected chi connectivity index (χ2v) is 6.72. The quantitative estimate of drug-likeness (QED) is 0.774. The second-order valence-electron chi connectivity index (χ2n) is 6.72. The summed E-state index contributed by atoms with van der Waals surface area (Å²) in [6, 6.07) is 19.9. The van der Waals surface area contributed by atoms with Gasteiger partial charge in [0.25, 0.3) is 0 Å². The standard InChI is InChI=1S/C20H17N5O/c26-17-12-15(13-7-3-1-4-8-13)11-16-18(17)19(14-9-5-2-6-10-14)25-20(21-16)22-23-24-25/h1-10,15,19H,11-12H2,(H,21,22,24)/t15-,19+/m1/s1. The second kappa shape index (κ2) is 5.91. The van der Waals surface area contributed by atoms with Crippen molar-refractivity contribution in [2.75, 3.05) is 5.32 Å². The highest BCUT2D eigenvalue weighted by Crippen LogP contribution is 2.43. The van der Waals surface area contributed by atoms with Crippen LogP contribution in [-0.2, 0) is 4.79 Å². The van der Waals surface area contributed by atoms with E-state index in [4.69, 9.17) is 0 Å². The van der Waals surface area contributed by atoms with E-state index in [1.165, 1.54) is 5.56 Å². The Morgan fingerprint density at radius 3 is 2.35 bits per heavy atom. The van der Waals surface area contributed by atoms with Gasteiger partial charge in [-0.1, -0.05) is 65.8 Å². The smallest absolute Gasteiger partial charge is 0.248 e. The first-order valence-electron chi connectivity index (χ1n) is 8.72. The Labute approximate surface area is 150 Å². The maximum atomic E-state index is 13.1. The highest BCUT2D eigenvalue weighted by atomic mass is 16.1. The van der Waals surface area contributed by atoms with E-state index in [1.54, 1.807) is 4.68 Å². The molecule has 0 bridgehead atoms. The van der Waals surface area contributed by atoms with E-state index >= 15 is 0 Å². The van der Waals surface area contributed by atoms with Gasteiger partial charge >= 0.3 is 0 Å². The van der Waals surface area contributed by atoms with Crippen molar-refractivity contribution in [3.8, 4) is 0 Å². The Kier molecular flexibility index (Phi) is 3.41. The van der Waals surface area contributed by atoms with Crippen LogP contribution in [0.2, 0.25) is 0 Å². The number of anilines is 1. The van der Waals surface area contributed by atoms with Gasteiger partial charge in [-0.25, -0.2) is 0 Å². The summed E-state index contributed by atoms with van der Waals surface area (Å²) in [4.78, 5) is 13.1. The van der Waals surface area contributed by atoms with Crippen LogP contribution in [0.3, 0.4) is 0 Å². The number of nitrogens with zero attached hydrogens (tertiary/aromatic N) is 4. The highest BCUT2D eigenvalue weighted by molar-refractivity contribution is 6.00. The summed E-state index contributed by atoms with van der Waals surface area (Å²) in [7, 11) is 0. The van der Waals surface area contributed by atoms with Gasteiger partial charge in [-0.05, 0) is 33.9 Å². The van der Waals surface area contributed by atoms with Gasteiger partial charge in [0.05, 0.1) is 0 Å². The van der Waals surface area contributed by atoms with Crippen molar-refractivity contribution in [2.24, 2.45) is 0 Å². The Balaban J connectivity index is 1.61. The van der Waals surface area contributed by atoms with Crippen LogP contribution in [0.15, 0.2) is 71.9 Å². The van der Waals surface area contributed by atoms with Gasteiger partial charge in [0.2, 0.25) is 5.95 Å². The molecule has 2 heterocycles. The van der Waals surface area contributed by atoms with Crippen LogP contribution in [0, 0.1) is 0 Å². The van der Waals surface area contributed by atoms with Crippen LogP contribution in [0.5, 0.6) is 0 Å². The zero-order valence-electron chi connectivity index (χ0n) is 14.0. The topological polar surface area (TPSA) is 72.7 Å². The zero-order chi connectivity index (χ0) is 17.5. The monoisotopic (exact) mass is 343 g/mol. The fourth-order valence-electron chi connectivity index (χ4n) is 3.98. The van der Waals surface area contributed by atoms with Crippen LogP contribution < -0.4 is 5.32 Å². The average molecular weight is 343 g/mol. The molecule has 0 radical (unpaired) electrons. The molecule has 128 valence electrons. The number of rotatable bonds is 2. The lowest BCUT2D eigenvalue weighted by atomic mass is 9.78. The number of carbonyl (C=O) groups is 1. The first-order valence-corrected chi connectivity index (χ1v) is 8.72. The molecule has 26 heavy (non-hydrogen) atoms. The van der Waals surface area contributed by atoms with Crippen molar-refractivity contribution in [2.45, 2.75) is 24.8 Å². The van der Waals surface area contributed by atoms with E-state index < -0.39 is 0 Å². The lowest BCUT2D eigenvalue weighted by molar-refractivity contribution is -0.116. The van der Waals surface area contributed by atoms with Gasteiger partial charge < -0.3 is 5.32 Å². The number of Topliss-reactive ketones (excluding diaryl/α,β-unsaturated/α-hetero) is 1. The first-order chi connectivity index (χ1) is 12.8. The minimum absolute atomic E-state index is 0.155. The molecule has 1 aliphatic carbocycles. The van der Waals surface area contributed by atoms with Gasteiger partial charge in [-0.2, -0.15) is 4.68 Å². The minimum atomic E-state index is -0.276. The summed E-state index contributed by atoms with van der Waals surface area (Å²) in [6.07, 6.45) is 1.28. The minimum Gasteiger partial charge on any atom is -0.326 e. The van der Waals surface area contributed by atoms with Crippen molar-refractivity contribution in [3.05, 3.63) is 83.1 Å².